The molecule has 2 nitrogen and oxygen atoms in total. The molecule has 0 unspecified atom stereocenters. The van der Waals surface area contributed by atoms with Crippen LogP contribution in [0.15, 0.2) is 0 Å². The molecule has 0 aliphatic rings. The number of amides is 1. The van der Waals surface area contributed by atoms with Gasteiger partial charge in [0.25, 0.3) is 0 Å². The van der Waals surface area contributed by atoms with Gasteiger partial charge in [0.2, 0.25) is 5.91 Å². The van der Waals surface area contributed by atoms with Crippen molar-refractivity contribution in [3.63, 3.8) is 0 Å². The van der Waals surface area contributed by atoms with Crippen LogP contribution in [0.5, 0.6) is 0 Å². The minimum Gasteiger partial charge on any atom is -0.359 e. The van der Waals surface area contributed by atoms with E-state index in [4.69, 9.17) is 0 Å². The molecule has 1 N–H and O–H groups in total. The topological polar surface area (TPSA) is 29.1 Å². The Labute approximate surface area is 95.8 Å². The standard InChI is InChI=1S/C11H23NO.C2H6/c1-4-6-10(7-5-2)8-9-11(13)12-3;1-2/h10H,4-9H2,1-3H3,(H,12,13);1-2H3. The number of hydrogen-bond donors (Lipinski definition) is 1. The molecule has 0 fully saturated rings. The van der Waals surface area contributed by atoms with Crippen molar-refractivity contribution in [1.29, 1.82) is 0 Å². The maximum absolute atomic E-state index is 11.0. The average molecular weight is 215 g/mol. The van der Waals surface area contributed by atoms with E-state index in [9.17, 15) is 4.79 Å². The molecule has 0 aliphatic heterocycles. The largest absolute Gasteiger partial charge is 0.359 e. The Morgan fingerprint density at radius 1 is 1.07 bits per heavy atom. The number of hydrogen-bond acceptors (Lipinski definition) is 1. The van der Waals surface area contributed by atoms with Gasteiger partial charge in [-0.25, -0.2) is 0 Å². The maximum atomic E-state index is 11.0. The van der Waals surface area contributed by atoms with E-state index in [0.29, 0.717) is 6.42 Å². The Bertz CT molecular complexity index is 128. The molecule has 0 aromatic heterocycles. The Balaban J connectivity index is 0. The zero-order valence-electron chi connectivity index (χ0n) is 11.2. The summed E-state index contributed by atoms with van der Waals surface area (Å²) in [5.41, 5.74) is 0. The highest BCUT2D eigenvalue weighted by Crippen LogP contribution is 2.18. The zero-order valence-corrected chi connectivity index (χ0v) is 11.2. The van der Waals surface area contributed by atoms with Gasteiger partial charge in [-0.1, -0.05) is 53.4 Å². The third kappa shape index (κ3) is 11.4. The van der Waals surface area contributed by atoms with E-state index in [-0.39, 0.29) is 5.91 Å². The van der Waals surface area contributed by atoms with Crippen molar-refractivity contribution in [2.45, 2.75) is 66.2 Å². The van der Waals surface area contributed by atoms with E-state index in [2.05, 4.69) is 19.2 Å². The normalized spacial score (nSPS) is 9.47. The number of rotatable bonds is 7. The molecule has 0 aliphatic carbocycles. The van der Waals surface area contributed by atoms with Gasteiger partial charge in [0.15, 0.2) is 0 Å². The van der Waals surface area contributed by atoms with Gasteiger partial charge < -0.3 is 5.32 Å². The molecule has 1 amide bonds. The third-order valence-corrected chi connectivity index (χ3v) is 2.45. The minimum absolute atomic E-state index is 0.178. The molecule has 2 heteroatoms. The summed E-state index contributed by atoms with van der Waals surface area (Å²) in [6.07, 6.45) is 6.76. The summed E-state index contributed by atoms with van der Waals surface area (Å²) < 4.78 is 0. The molecule has 92 valence electrons. The van der Waals surface area contributed by atoms with Gasteiger partial charge in [0.05, 0.1) is 0 Å². The van der Waals surface area contributed by atoms with Crippen molar-refractivity contribution >= 4 is 5.91 Å². The lowest BCUT2D eigenvalue weighted by Crippen LogP contribution is -2.18. The van der Waals surface area contributed by atoms with Crippen molar-refractivity contribution in [3.8, 4) is 0 Å². The van der Waals surface area contributed by atoms with Crippen LogP contribution in [-0.4, -0.2) is 13.0 Å². The van der Waals surface area contributed by atoms with Crippen LogP contribution >= 0.6 is 0 Å². The van der Waals surface area contributed by atoms with Crippen LogP contribution in [0.25, 0.3) is 0 Å². The summed E-state index contributed by atoms with van der Waals surface area (Å²) >= 11 is 0. The highest BCUT2D eigenvalue weighted by atomic mass is 16.1. The molecule has 0 atom stereocenters. The molecule has 0 heterocycles. The molecule has 0 aromatic rings. The summed E-state index contributed by atoms with van der Waals surface area (Å²) in [7, 11) is 1.71. The molecule has 15 heavy (non-hydrogen) atoms. The van der Waals surface area contributed by atoms with Crippen LogP contribution in [0.2, 0.25) is 0 Å². The van der Waals surface area contributed by atoms with Gasteiger partial charge in [-0.15, -0.1) is 0 Å². The van der Waals surface area contributed by atoms with Crippen molar-refractivity contribution in [2.24, 2.45) is 5.92 Å². The second-order valence-electron chi connectivity index (χ2n) is 3.66. The predicted octanol–water partition coefficient (Wildman–Crippen LogP) is 3.76. The van der Waals surface area contributed by atoms with Gasteiger partial charge in [0.1, 0.15) is 0 Å². The molecular weight excluding hydrogens is 186 g/mol. The SMILES string of the molecule is CC.CCCC(CCC)CCC(=O)NC. The lowest BCUT2D eigenvalue weighted by molar-refractivity contribution is -0.120. The zero-order chi connectivity index (χ0) is 12.1. The number of carbonyl (C=O) groups excluding carboxylic acids is 1. The molecule has 0 radical (unpaired) electrons. The summed E-state index contributed by atoms with van der Waals surface area (Å²) in [4.78, 5) is 11.0. The van der Waals surface area contributed by atoms with Gasteiger partial charge in [-0.05, 0) is 12.3 Å². The van der Waals surface area contributed by atoms with Gasteiger partial charge >= 0.3 is 0 Å². The van der Waals surface area contributed by atoms with Crippen molar-refractivity contribution in [2.75, 3.05) is 7.05 Å². The minimum atomic E-state index is 0.178. The van der Waals surface area contributed by atoms with E-state index in [1.54, 1.807) is 7.05 Å². The fourth-order valence-corrected chi connectivity index (χ4v) is 1.71. The van der Waals surface area contributed by atoms with Crippen molar-refractivity contribution in [3.05, 3.63) is 0 Å². The lowest BCUT2D eigenvalue weighted by atomic mass is 9.93. The lowest BCUT2D eigenvalue weighted by Gasteiger charge is -2.13. The van der Waals surface area contributed by atoms with E-state index in [1.807, 2.05) is 13.8 Å². The summed E-state index contributed by atoms with van der Waals surface area (Å²) in [6.45, 7) is 8.42. The predicted molar refractivity (Wildman–Crippen MR) is 68.0 cm³/mol. The average Bonchev–Trinajstić information content (AvgIpc) is 2.28. The molecule has 0 rings (SSSR count). The Morgan fingerprint density at radius 2 is 1.53 bits per heavy atom. The summed E-state index contributed by atoms with van der Waals surface area (Å²) in [5.74, 6) is 0.935. The highest BCUT2D eigenvalue weighted by molar-refractivity contribution is 5.75. The Kier molecular flexibility index (Phi) is 15.2. The Morgan fingerprint density at radius 3 is 1.87 bits per heavy atom. The van der Waals surface area contributed by atoms with Crippen LogP contribution < -0.4 is 5.32 Å². The van der Waals surface area contributed by atoms with Crippen LogP contribution in [0.4, 0.5) is 0 Å². The molecule has 0 aromatic carbocycles. The van der Waals surface area contributed by atoms with Crippen LogP contribution in [0.3, 0.4) is 0 Å². The molecule has 0 spiro atoms. The quantitative estimate of drug-likeness (QED) is 0.688. The number of nitrogens with one attached hydrogen (secondary N) is 1. The second kappa shape index (κ2) is 13.5. The first-order valence-corrected chi connectivity index (χ1v) is 6.45. The maximum Gasteiger partial charge on any atom is 0.219 e. The molecule has 0 saturated carbocycles. The Hall–Kier alpha value is -0.530. The van der Waals surface area contributed by atoms with Crippen LogP contribution in [0.1, 0.15) is 66.2 Å². The monoisotopic (exact) mass is 215 g/mol. The smallest absolute Gasteiger partial charge is 0.219 e. The van der Waals surface area contributed by atoms with Crippen LogP contribution in [0, 0.1) is 5.92 Å². The van der Waals surface area contributed by atoms with Crippen molar-refractivity contribution < 1.29 is 4.79 Å². The molecule has 0 bridgehead atoms. The van der Waals surface area contributed by atoms with Crippen LogP contribution in [-0.2, 0) is 4.79 Å². The van der Waals surface area contributed by atoms with Gasteiger partial charge in [-0.3, -0.25) is 4.79 Å². The first-order chi connectivity index (χ1) is 7.24. The van der Waals surface area contributed by atoms with E-state index in [1.165, 1.54) is 25.7 Å². The first kappa shape index (κ1) is 16.9. The van der Waals surface area contributed by atoms with Crippen molar-refractivity contribution in [1.82, 2.24) is 5.32 Å². The molecule has 0 saturated heterocycles. The van der Waals surface area contributed by atoms with E-state index < -0.39 is 0 Å². The van der Waals surface area contributed by atoms with Gasteiger partial charge in [-0.2, -0.15) is 0 Å². The fraction of sp³-hybridized carbons (Fsp3) is 0.923. The van der Waals surface area contributed by atoms with E-state index in [0.717, 1.165) is 12.3 Å². The second-order valence-corrected chi connectivity index (χ2v) is 3.66. The molecular formula is C13H29NO. The van der Waals surface area contributed by atoms with Gasteiger partial charge in [0, 0.05) is 13.5 Å². The first-order valence-electron chi connectivity index (χ1n) is 6.45. The number of carbonyl (C=O) groups is 1. The third-order valence-electron chi connectivity index (χ3n) is 2.45. The summed E-state index contributed by atoms with van der Waals surface area (Å²) in [6, 6.07) is 0. The highest BCUT2D eigenvalue weighted by Gasteiger charge is 2.08. The fourth-order valence-electron chi connectivity index (χ4n) is 1.71. The van der Waals surface area contributed by atoms with E-state index >= 15 is 0 Å². The summed E-state index contributed by atoms with van der Waals surface area (Å²) in [5, 5.41) is 2.67.